The molecule has 1 fully saturated rings. The van der Waals surface area contributed by atoms with Crippen molar-refractivity contribution in [1.29, 1.82) is 0 Å². The fourth-order valence-electron chi connectivity index (χ4n) is 2.14. The highest BCUT2D eigenvalue weighted by atomic mass is 35.5. The van der Waals surface area contributed by atoms with E-state index < -0.39 is 7.12 Å². The molecule has 1 saturated heterocycles. The number of carbonyl (C=O) groups is 1. The van der Waals surface area contributed by atoms with Gasteiger partial charge in [0.15, 0.2) is 0 Å². The first-order valence-electron chi connectivity index (χ1n) is 7.56. The molecule has 0 radical (unpaired) electrons. The van der Waals surface area contributed by atoms with Crippen LogP contribution in [0.4, 0.5) is 0 Å². The Morgan fingerprint density at radius 2 is 1.68 bits per heavy atom. The van der Waals surface area contributed by atoms with Gasteiger partial charge in [-0.3, -0.25) is 4.79 Å². The maximum Gasteiger partial charge on any atom is 0.494 e. The van der Waals surface area contributed by atoms with Crippen LogP contribution < -0.4 is 10.8 Å². The molecule has 1 aromatic rings. The molecule has 0 spiro atoms. The lowest BCUT2D eigenvalue weighted by atomic mass is 9.79. The Balaban J connectivity index is 2.02. The number of hydrogen-bond acceptors (Lipinski definition) is 3. The normalized spacial score (nSPS) is 19.2. The van der Waals surface area contributed by atoms with Crippen LogP contribution in [0.2, 0.25) is 0 Å². The van der Waals surface area contributed by atoms with E-state index in [1.807, 2.05) is 39.8 Å². The first-order chi connectivity index (χ1) is 10.3. The van der Waals surface area contributed by atoms with Gasteiger partial charge in [-0.1, -0.05) is 12.1 Å². The van der Waals surface area contributed by atoms with E-state index in [1.165, 1.54) is 0 Å². The third kappa shape index (κ3) is 3.65. The van der Waals surface area contributed by atoms with Crippen LogP contribution in [0.5, 0.6) is 0 Å². The van der Waals surface area contributed by atoms with Gasteiger partial charge in [-0.2, -0.15) is 0 Å². The van der Waals surface area contributed by atoms with E-state index in [4.69, 9.17) is 20.9 Å². The van der Waals surface area contributed by atoms with E-state index in [9.17, 15) is 4.79 Å². The Kier molecular flexibility index (Phi) is 5.20. The van der Waals surface area contributed by atoms with E-state index in [-0.39, 0.29) is 17.1 Å². The molecule has 120 valence electrons. The van der Waals surface area contributed by atoms with Crippen molar-refractivity contribution in [2.24, 2.45) is 0 Å². The number of benzene rings is 1. The third-order valence-electron chi connectivity index (χ3n) is 4.29. The number of alkyl halides is 1. The molecule has 0 saturated carbocycles. The monoisotopic (exact) mass is 323 g/mol. The Labute approximate surface area is 137 Å². The van der Waals surface area contributed by atoms with E-state index in [1.54, 1.807) is 12.1 Å². The van der Waals surface area contributed by atoms with E-state index >= 15 is 0 Å². The average molecular weight is 324 g/mol. The zero-order valence-electron chi connectivity index (χ0n) is 13.6. The van der Waals surface area contributed by atoms with Gasteiger partial charge in [0.1, 0.15) is 0 Å². The predicted molar refractivity (Wildman–Crippen MR) is 89.8 cm³/mol. The summed E-state index contributed by atoms with van der Waals surface area (Å²) < 4.78 is 12.0. The predicted octanol–water partition coefficient (Wildman–Crippen LogP) is 2.34. The highest BCUT2D eigenvalue weighted by Crippen LogP contribution is 2.36. The highest BCUT2D eigenvalue weighted by Gasteiger charge is 2.51. The van der Waals surface area contributed by atoms with Crippen molar-refractivity contribution in [3.05, 3.63) is 29.8 Å². The molecule has 0 aliphatic carbocycles. The molecule has 1 aliphatic heterocycles. The number of halogens is 1. The topological polar surface area (TPSA) is 47.6 Å². The van der Waals surface area contributed by atoms with Crippen LogP contribution in [-0.4, -0.2) is 36.7 Å². The molecule has 1 aromatic carbocycles. The van der Waals surface area contributed by atoms with Gasteiger partial charge in [0.05, 0.1) is 11.2 Å². The van der Waals surface area contributed by atoms with Gasteiger partial charge in [-0.25, -0.2) is 0 Å². The molecule has 1 N–H and O–H groups in total. The summed E-state index contributed by atoms with van der Waals surface area (Å²) in [5.74, 6) is 0.451. The summed E-state index contributed by atoms with van der Waals surface area (Å²) in [6.07, 6.45) is 0.763. The van der Waals surface area contributed by atoms with Crippen molar-refractivity contribution in [2.75, 3.05) is 12.4 Å². The molecular formula is C16H23BClNO3. The van der Waals surface area contributed by atoms with Gasteiger partial charge >= 0.3 is 7.12 Å². The van der Waals surface area contributed by atoms with Crippen LogP contribution >= 0.6 is 11.6 Å². The van der Waals surface area contributed by atoms with Gasteiger partial charge in [0, 0.05) is 18.0 Å². The fourth-order valence-corrected chi connectivity index (χ4v) is 2.28. The summed E-state index contributed by atoms with van der Waals surface area (Å²) in [7, 11) is -0.404. The molecule has 0 aromatic heterocycles. The second-order valence-corrected chi connectivity index (χ2v) is 6.89. The summed E-state index contributed by atoms with van der Waals surface area (Å²) in [4.78, 5) is 11.9. The lowest BCUT2D eigenvalue weighted by Crippen LogP contribution is -2.41. The summed E-state index contributed by atoms with van der Waals surface area (Å²) in [6, 6.07) is 7.32. The van der Waals surface area contributed by atoms with Gasteiger partial charge in [0.25, 0.3) is 5.91 Å². The minimum Gasteiger partial charge on any atom is -0.399 e. The van der Waals surface area contributed by atoms with Crippen molar-refractivity contribution in [3.63, 3.8) is 0 Å². The Hall–Kier alpha value is -1.04. The minimum atomic E-state index is -0.404. The van der Waals surface area contributed by atoms with Crippen LogP contribution in [0, 0.1) is 0 Å². The van der Waals surface area contributed by atoms with E-state index in [2.05, 4.69) is 5.32 Å². The molecule has 1 amide bonds. The molecule has 22 heavy (non-hydrogen) atoms. The average Bonchev–Trinajstić information content (AvgIpc) is 2.68. The maximum atomic E-state index is 11.9. The summed E-state index contributed by atoms with van der Waals surface area (Å²) in [6.45, 7) is 8.66. The molecule has 6 heteroatoms. The summed E-state index contributed by atoms with van der Waals surface area (Å²) in [5.41, 5.74) is 0.802. The quantitative estimate of drug-likeness (QED) is 0.514. The highest BCUT2D eigenvalue weighted by molar-refractivity contribution is 6.62. The Morgan fingerprint density at radius 3 is 2.18 bits per heavy atom. The van der Waals surface area contributed by atoms with Gasteiger partial charge in [-0.05, 0) is 51.7 Å². The first-order valence-corrected chi connectivity index (χ1v) is 8.10. The lowest BCUT2D eigenvalue weighted by molar-refractivity contribution is 0.00578. The number of carbonyl (C=O) groups excluding carboxylic acids is 1. The first kappa shape index (κ1) is 17.3. The van der Waals surface area contributed by atoms with Crippen molar-refractivity contribution in [3.8, 4) is 0 Å². The summed E-state index contributed by atoms with van der Waals surface area (Å²) in [5, 5.41) is 2.83. The van der Waals surface area contributed by atoms with Crippen LogP contribution in [0.3, 0.4) is 0 Å². The second kappa shape index (κ2) is 6.61. The van der Waals surface area contributed by atoms with E-state index in [0.29, 0.717) is 18.0 Å². The van der Waals surface area contributed by atoms with Crippen LogP contribution in [-0.2, 0) is 9.31 Å². The van der Waals surface area contributed by atoms with Gasteiger partial charge < -0.3 is 14.6 Å². The molecule has 0 atom stereocenters. The van der Waals surface area contributed by atoms with Crippen LogP contribution in [0.15, 0.2) is 24.3 Å². The Morgan fingerprint density at radius 1 is 1.14 bits per heavy atom. The molecule has 0 unspecified atom stereocenters. The number of amides is 1. The molecule has 0 bridgehead atoms. The van der Waals surface area contributed by atoms with Crippen LogP contribution in [0.25, 0.3) is 0 Å². The molecule has 2 rings (SSSR count). The molecule has 1 aliphatic rings. The molecular weight excluding hydrogens is 300 g/mol. The minimum absolute atomic E-state index is 0.0921. The SMILES string of the molecule is CC1(C)OB(c2ccc(C(=O)NCCCCl)cc2)OC1(C)C. The summed E-state index contributed by atoms with van der Waals surface area (Å²) >= 11 is 5.59. The van der Waals surface area contributed by atoms with Crippen LogP contribution in [0.1, 0.15) is 44.5 Å². The number of hydrogen-bond donors (Lipinski definition) is 1. The number of nitrogens with one attached hydrogen (secondary N) is 1. The number of rotatable bonds is 5. The third-order valence-corrected chi connectivity index (χ3v) is 4.56. The van der Waals surface area contributed by atoms with Crippen molar-refractivity contribution in [2.45, 2.75) is 45.3 Å². The largest absolute Gasteiger partial charge is 0.494 e. The zero-order valence-corrected chi connectivity index (χ0v) is 14.4. The van der Waals surface area contributed by atoms with E-state index in [0.717, 1.165) is 11.9 Å². The smallest absolute Gasteiger partial charge is 0.399 e. The van der Waals surface area contributed by atoms with Crippen molar-refractivity contribution < 1.29 is 14.1 Å². The standard InChI is InChI=1S/C16H23BClNO3/c1-15(2)16(3,4)22-17(21-15)13-8-6-12(7-9-13)14(20)19-11-5-10-18/h6-9H,5,10-11H2,1-4H3,(H,19,20). The van der Waals surface area contributed by atoms with Gasteiger partial charge in [0.2, 0.25) is 0 Å². The maximum absolute atomic E-state index is 11.9. The van der Waals surface area contributed by atoms with Crippen molar-refractivity contribution >= 4 is 30.1 Å². The second-order valence-electron chi connectivity index (χ2n) is 6.51. The van der Waals surface area contributed by atoms with Gasteiger partial charge in [-0.15, -0.1) is 11.6 Å². The van der Waals surface area contributed by atoms with Crippen molar-refractivity contribution in [1.82, 2.24) is 5.32 Å². The zero-order chi connectivity index (χ0) is 16.4. The lowest BCUT2D eigenvalue weighted by Gasteiger charge is -2.32. The molecule has 4 nitrogen and oxygen atoms in total. The fraction of sp³-hybridized carbons (Fsp3) is 0.562. The molecule has 1 heterocycles. The Bertz CT molecular complexity index is 515.